The van der Waals surface area contributed by atoms with E-state index in [0.717, 1.165) is 39.8 Å². The van der Waals surface area contributed by atoms with Crippen molar-refractivity contribution in [1.82, 2.24) is 9.55 Å². The molecule has 1 N–H and O–H groups in total. The molecule has 9 heteroatoms. The van der Waals surface area contributed by atoms with Gasteiger partial charge in [-0.15, -0.1) is 0 Å². The molecular formula is C29H23ClN4O4. The van der Waals surface area contributed by atoms with E-state index in [1.54, 1.807) is 17.6 Å². The predicted octanol–water partition coefficient (Wildman–Crippen LogP) is 4.46. The van der Waals surface area contributed by atoms with Gasteiger partial charge in [0.1, 0.15) is 6.61 Å². The van der Waals surface area contributed by atoms with Crippen LogP contribution in [0.3, 0.4) is 0 Å². The van der Waals surface area contributed by atoms with Gasteiger partial charge in [-0.3, -0.25) is 4.79 Å². The number of nitrogens with zero attached hydrogens (tertiary/aromatic N) is 4. The molecule has 0 fully saturated rings. The largest absolute Gasteiger partial charge is 0.458 e. The number of aromatic nitrogens is 2. The summed E-state index contributed by atoms with van der Waals surface area (Å²) in [6.07, 6.45) is 2.71. The van der Waals surface area contributed by atoms with Crippen LogP contribution >= 0.6 is 11.6 Å². The fourth-order valence-electron chi connectivity index (χ4n) is 5.77. The maximum atomic E-state index is 13.7. The van der Waals surface area contributed by atoms with Crippen molar-refractivity contribution < 1.29 is 14.6 Å². The van der Waals surface area contributed by atoms with Crippen molar-refractivity contribution in [3.63, 3.8) is 0 Å². The summed E-state index contributed by atoms with van der Waals surface area (Å²) < 4.78 is 6.88. The molecule has 4 aromatic rings. The van der Waals surface area contributed by atoms with Crippen LogP contribution in [0.4, 0.5) is 11.4 Å². The number of aliphatic imine (C=N–C) groups is 1. The summed E-state index contributed by atoms with van der Waals surface area (Å²) in [5.41, 5.74) is 4.40. The van der Waals surface area contributed by atoms with Gasteiger partial charge >= 0.3 is 5.97 Å². The summed E-state index contributed by atoms with van der Waals surface area (Å²) in [6, 6.07) is 15.4. The molecule has 8 nitrogen and oxygen atoms in total. The quantitative estimate of drug-likeness (QED) is 0.347. The lowest BCUT2D eigenvalue weighted by molar-refractivity contribution is -0.172. The Morgan fingerprint density at radius 1 is 1.13 bits per heavy atom. The van der Waals surface area contributed by atoms with E-state index in [-0.39, 0.29) is 18.6 Å². The fourth-order valence-corrected chi connectivity index (χ4v) is 5.90. The fraction of sp³-hybridized carbons (Fsp3) is 0.241. The third kappa shape index (κ3) is 3.20. The van der Waals surface area contributed by atoms with Gasteiger partial charge in [0.15, 0.2) is 5.60 Å². The Morgan fingerprint density at radius 2 is 1.95 bits per heavy atom. The average molecular weight is 527 g/mol. The number of carbonyl (C=O) groups is 1. The van der Waals surface area contributed by atoms with Gasteiger partial charge in [0.05, 0.1) is 52.1 Å². The third-order valence-electron chi connectivity index (χ3n) is 7.84. The molecule has 2 aromatic carbocycles. The second kappa shape index (κ2) is 8.24. The highest BCUT2D eigenvalue weighted by atomic mass is 35.5. The number of hydrogen-bond donors (Lipinski definition) is 1. The topological polar surface area (TPSA) is 97.0 Å². The molecule has 190 valence electrons. The van der Waals surface area contributed by atoms with Gasteiger partial charge in [-0.05, 0) is 48.7 Å². The molecule has 0 unspecified atom stereocenters. The van der Waals surface area contributed by atoms with Crippen molar-refractivity contribution in [2.24, 2.45) is 4.99 Å². The standard InChI is InChI=1S/C29H23ClN4O4/c1-2-29(37)20-12-23-25-18(13-34(23)27(35)19(20)14-38-28(29)36)26-24-21(4-3-5-22(24)32-25)31-15-33(26)11-10-16-6-8-17(30)9-7-16/h3-9,12,15,37H,2,10-11,13-14H2,1H3/t29-/m0/s1. The summed E-state index contributed by atoms with van der Waals surface area (Å²) in [7, 11) is 0. The van der Waals surface area contributed by atoms with Crippen LogP contribution in [0.15, 0.2) is 58.3 Å². The van der Waals surface area contributed by atoms with Gasteiger partial charge in [-0.2, -0.15) is 0 Å². The Morgan fingerprint density at radius 3 is 2.74 bits per heavy atom. The minimum absolute atomic E-state index is 0.100. The number of fused-ring (bicyclic) bond motifs is 5. The molecule has 0 saturated carbocycles. The molecular weight excluding hydrogens is 504 g/mol. The summed E-state index contributed by atoms with van der Waals surface area (Å²) in [5.74, 6) is -0.731. The molecule has 0 spiro atoms. The molecule has 3 aliphatic rings. The summed E-state index contributed by atoms with van der Waals surface area (Å²) in [5, 5.41) is 12.8. The van der Waals surface area contributed by atoms with Gasteiger partial charge in [0, 0.05) is 22.7 Å². The highest BCUT2D eigenvalue weighted by molar-refractivity contribution is 6.30. The Balaban J connectivity index is 1.40. The van der Waals surface area contributed by atoms with Crippen molar-refractivity contribution in [3.05, 3.63) is 86.2 Å². The zero-order valence-corrected chi connectivity index (χ0v) is 21.3. The number of aliphatic hydroxyl groups is 1. The number of carbonyl (C=O) groups excluding carboxylic acids is 1. The first-order valence-electron chi connectivity index (χ1n) is 12.6. The Labute approximate surface area is 222 Å². The first-order chi connectivity index (χ1) is 18.4. The van der Waals surface area contributed by atoms with E-state index in [1.807, 2.05) is 48.8 Å². The number of halogens is 1. The molecule has 0 radical (unpaired) electrons. The van der Waals surface area contributed by atoms with Gasteiger partial charge in [-0.25, -0.2) is 14.8 Å². The number of esters is 1. The molecule has 1 atom stereocenters. The number of hydrogen-bond acceptors (Lipinski definition) is 7. The smallest absolute Gasteiger partial charge is 0.343 e. The molecule has 0 bridgehead atoms. The molecule has 7 rings (SSSR count). The van der Waals surface area contributed by atoms with E-state index in [9.17, 15) is 14.7 Å². The SMILES string of the molecule is CC[C@@]1(O)C(=O)OCc2c1cc1n(c2=O)Cc2c-1nc1cccc3c1c2N(CCc1ccc(Cl)cc1)C=N3. The maximum absolute atomic E-state index is 13.7. The molecule has 38 heavy (non-hydrogen) atoms. The lowest BCUT2D eigenvalue weighted by Crippen LogP contribution is -2.44. The van der Waals surface area contributed by atoms with Crippen molar-refractivity contribution in [2.75, 3.05) is 11.4 Å². The van der Waals surface area contributed by atoms with Crippen LogP contribution in [-0.2, 0) is 34.7 Å². The van der Waals surface area contributed by atoms with Gasteiger partial charge in [0.25, 0.3) is 5.56 Å². The minimum atomic E-state index is -1.86. The summed E-state index contributed by atoms with van der Waals surface area (Å²) in [6.45, 7) is 2.54. The number of benzene rings is 2. The van der Waals surface area contributed by atoms with E-state index in [2.05, 4.69) is 4.90 Å². The van der Waals surface area contributed by atoms with E-state index in [4.69, 9.17) is 26.3 Å². The Bertz CT molecular complexity index is 1760. The van der Waals surface area contributed by atoms with E-state index >= 15 is 0 Å². The Hall–Kier alpha value is -4.01. The number of cyclic esters (lactones) is 1. The van der Waals surface area contributed by atoms with Crippen molar-refractivity contribution in [2.45, 2.75) is 38.5 Å². The number of anilines is 1. The predicted molar refractivity (Wildman–Crippen MR) is 145 cm³/mol. The highest BCUT2D eigenvalue weighted by Crippen LogP contribution is 2.46. The van der Waals surface area contributed by atoms with Crippen molar-refractivity contribution in [3.8, 4) is 11.4 Å². The summed E-state index contributed by atoms with van der Waals surface area (Å²) in [4.78, 5) is 38.0. The molecule has 0 amide bonds. The number of pyridine rings is 2. The first kappa shape index (κ1) is 23.1. The molecule has 2 aromatic heterocycles. The van der Waals surface area contributed by atoms with E-state index in [1.165, 1.54) is 0 Å². The van der Waals surface area contributed by atoms with E-state index < -0.39 is 11.6 Å². The van der Waals surface area contributed by atoms with Crippen LogP contribution in [0.2, 0.25) is 5.02 Å². The lowest BCUT2D eigenvalue weighted by Gasteiger charge is -2.31. The highest BCUT2D eigenvalue weighted by Gasteiger charge is 2.45. The van der Waals surface area contributed by atoms with Crippen molar-refractivity contribution >= 4 is 46.2 Å². The molecule has 3 aliphatic heterocycles. The average Bonchev–Trinajstić information content (AvgIpc) is 3.30. The Kier molecular flexibility index (Phi) is 5.02. The zero-order chi connectivity index (χ0) is 26.2. The van der Waals surface area contributed by atoms with Crippen LogP contribution < -0.4 is 10.5 Å². The minimum Gasteiger partial charge on any atom is -0.458 e. The molecule has 0 aliphatic carbocycles. The zero-order valence-electron chi connectivity index (χ0n) is 20.6. The number of rotatable bonds is 4. The van der Waals surface area contributed by atoms with E-state index in [0.29, 0.717) is 40.6 Å². The maximum Gasteiger partial charge on any atom is 0.343 e. The van der Waals surface area contributed by atoms with Crippen LogP contribution in [-0.4, -0.2) is 33.5 Å². The van der Waals surface area contributed by atoms with Crippen molar-refractivity contribution in [1.29, 1.82) is 0 Å². The van der Waals surface area contributed by atoms with Gasteiger partial charge in [0.2, 0.25) is 0 Å². The second-order valence-corrected chi connectivity index (χ2v) is 10.3. The molecule has 0 saturated heterocycles. The van der Waals surface area contributed by atoms with Crippen LogP contribution in [0.5, 0.6) is 0 Å². The van der Waals surface area contributed by atoms with Gasteiger partial charge in [-0.1, -0.05) is 36.7 Å². The number of ether oxygens (including phenoxy) is 1. The molecule has 5 heterocycles. The van der Waals surface area contributed by atoms with Gasteiger partial charge < -0.3 is 19.3 Å². The summed E-state index contributed by atoms with van der Waals surface area (Å²) >= 11 is 6.06. The van der Waals surface area contributed by atoms with Crippen LogP contribution in [0.25, 0.3) is 22.3 Å². The van der Waals surface area contributed by atoms with Crippen LogP contribution in [0, 0.1) is 0 Å². The lowest BCUT2D eigenvalue weighted by atomic mass is 9.86. The van der Waals surface area contributed by atoms with Crippen LogP contribution in [0.1, 0.15) is 35.6 Å². The monoisotopic (exact) mass is 526 g/mol. The first-order valence-corrected chi connectivity index (χ1v) is 12.9. The second-order valence-electron chi connectivity index (χ2n) is 9.88. The third-order valence-corrected chi connectivity index (χ3v) is 8.09. The normalized spacial score (nSPS) is 18.8.